The van der Waals surface area contributed by atoms with Gasteiger partial charge in [-0.15, -0.1) is 0 Å². The van der Waals surface area contributed by atoms with Crippen molar-refractivity contribution in [2.45, 2.75) is 155 Å². The van der Waals surface area contributed by atoms with E-state index < -0.39 is 0 Å². The second-order valence-corrected chi connectivity index (χ2v) is 13.1. The average Bonchev–Trinajstić information content (AvgIpc) is 2.89. The van der Waals surface area contributed by atoms with E-state index in [1.165, 1.54) is 167 Å². The molecule has 0 fully saturated rings. The van der Waals surface area contributed by atoms with Crippen LogP contribution in [0.4, 0.5) is 0 Å². The zero-order valence-corrected chi connectivity index (χ0v) is 27.0. The van der Waals surface area contributed by atoms with Gasteiger partial charge in [0.05, 0.1) is 53.5 Å². The maximum absolute atomic E-state index is 9.70. The summed E-state index contributed by atoms with van der Waals surface area (Å²) < 4.78 is 2.05. The van der Waals surface area contributed by atoms with Crippen LogP contribution in [0.2, 0.25) is 0 Å². The Morgan fingerprint density at radius 3 is 0.763 bits per heavy atom. The minimum absolute atomic E-state index is 0.297. The molecule has 2 N–H and O–H groups in total. The molecule has 0 aliphatic heterocycles. The van der Waals surface area contributed by atoms with Crippen LogP contribution in [0.15, 0.2) is 0 Å². The number of hydrogen-bond acceptors (Lipinski definition) is 2. The van der Waals surface area contributed by atoms with Crippen molar-refractivity contribution in [2.75, 3.05) is 66.6 Å². The molecule has 0 amide bonds. The molecule has 0 saturated carbocycles. The van der Waals surface area contributed by atoms with Gasteiger partial charge in [-0.2, -0.15) is 0 Å². The number of quaternary nitrogens is 2. The summed E-state index contributed by atoms with van der Waals surface area (Å²) in [5.74, 6) is 0. The molecule has 0 aromatic carbocycles. The van der Waals surface area contributed by atoms with E-state index in [-0.39, 0.29) is 0 Å². The van der Waals surface area contributed by atoms with Crippen LogP contribution in [0.25, 0.3) is 0 Å². The van der Waals surface area contributed by atoms with E-state index in [1.54, 1.807) is 0 Å². The molecule has 2 atom stereocenters. The van der Waals surface area contributed by atoms with Crippen molar-refractivity contribution < 1.29 is 19.2 Å². The van der Waals surface area contributed by atoms with Gasteiger partial charge in [0.2, 0.25) is 0 Å². The SMILES string of the molecule is CCCCCCCCCCCC[N+](C)(CCO)CCCC[N+](C)(CCO)CCCCCCCCCCCC. The Labute approximate surface area is 240 Å². The van der Waals surface area contributed by atoms with Gasteiger partial charge in [-0.05, 0) is 25.7 Å². The maximum Gasteiger partial charge on any atom is 0.102 e. The van der Waals surface area contributed by atoms with Gasteiger partial charge in [0.15, 0.2) is 0 Å². The number of aliphatic hydroxyl groups excluding tert-OH is 2. The molecule has 0 aromatic rings. The van der Waals surface area contributed by atoms with Gasteiger partial charge in [0, 0.05) is 12.8 Å². The molecule has 0 aromatic heterocycles. The Bertz CT molecular complexity index is 433. The van der Waals surface area contributed by atoms with Crippen LogP contribution in [0.5, 0.6) is 0 Å². The van der Waals surface area contributed by atoms with Gasteiger partial charge in [0.25, 0.3) is 0 Å². The molecule has 0 heterocycles. The summed E-state index contributed by atoms with van der Waals surface area (Å²) in [6, 6.07) is 0. The van der Waals surface area contributed by atoms with Gasteiger partial charge in [0.1, 0.15) is 13.1 Å². The van der Waals surface area contributed by atoms with E-state index in [0.29, 0.717) is 13.2 Å². The van der Waals surface area contributed by atoms with Crippen LogP contribution in [-0.2, 0) is 0 Å². The first-order valence-corrected chi connectivity index (χ1v) is 17.3. The summed E-state index contributed by atoms with van der Waals surface area (Å²) in [5.41, 5.74) is 0. The zero-order valence-electron chi connectivity index (χ0n) is 27.0. The quantitative estimate of drug-likeness (QED) is 0.0681. The molecule has 0 rings (SSSR count). The van der Waals surface area contributed by atoms with E-state index in [2.05, 4.69) is 27.9 Å². The Morgan fingerprint density at radius 2 is 0.526 bits per heavy atom. The van der Waals surface area contributed by atoms with Crippen molar-refractivity contribution in [1.29, 1.82) is 0 Å². The Hall–Kier alpha value is -0.160. The maximum atomic E-state index is 9.70. The normalized spacial score (nSPS) is 15.0. The van der Waals surface area contributed by atoms with E-state index in [1.807, 2.05) is 0 Å². The minimum atomic E-state index is 0.297. The fourth-order valence-corrected chi connectivity index (χ4v) is 6.10. The highest BCUT2D eigenvalue weighted by molar-refractivity contribution is 4.52. The van der Waals surface area contributed by atoms with E-state index in [4.69, 9.17) is 0 Å². The highest BCUT2D eigenvalue weighted by Gasteiger charge is 2.23. The summed E-state index contributed by atoms with van der Waals surface area (Å²) >= 11 is 0. The van der Waals surface area contributed by atoms with Crippen molar-refractivity contribution in [1.82, 2.24) is 0 Å². The van der Waals surface area contributed by atoms with Crippen LogP contribution >= 0.6 is 0 Å². The fourth-order valence-electron chi connectivity index (χ4n) is 6.10. The van der Waals surface area contributed by atoms with Gasteiger partial charge in [-0.1, -0.05) is 117 Å². The highest BCUT2D eigenvalue weighted by Crippen LogP contribution is 2.16. The third-order valence-corrected chi connectivity index (χ3v) is 9.03. The standard InChI is InChI=1S/C34H74N2O2/c1-5-7-9-11-13-15-17-19-21-23-27-35(3,31-33-37)29-25-26-30-36(4,32-34-38)28-24-22-20-18-16-14-12-10-8-6-2/h37-38H,5-34H2,1-4H3/q+2. The van der Waals surface area contributed by atoms with Gasteiger partial charge in [-0.3, -0.25) is 0 Å². The number of unbranched alkanes of at least 4 members (excludes halogenated alkanes) is 19. The number of rotatable bonds is 31. The van der Waals surface area contributed by atoms with E-state index in [0.717, 1.165) is 22.1 Å². The highest BCUT2D eigenvalue weighted by atomic mass is 16.3. The molecule has 4 nitrogen and oxygen atoms in total. The molecular weight excluding hydrogens is 468 g/mol. The molecule has 38 heavy (non-hydrogen) atoms. The van der Waals surface area contributed by atoms with Crippen LogP contribution in [0.1, 0.15) is 155 Å². The first kappa shape index (κ1) is 37.8. The largest absolute Gasteiger partial charge is 0.391 e. The van der Waals surface area contributed by atoms with Crippen LogP contribution in [0.3, 0.4) is 0 Å². The first-order valence-electron chi connectivity index (χ1n) is 17.3. The van der Waals surface area contributed by atoms with E-state index >= 15 is 0 Å². The monoisotopic (exact) mass is 543 g/mol. The summed E-state index contributed by atoms with van der Waals surface area (Å²) in [4.78, 5) is 0. The molecule has 2 unspecified atom stereocenters. The minimum Gasteiger partial charge on any atom is -0.391 e. The summed E-state index contributed by atoms with van der Waals surface area (Å²) in [6.45, 7) is 11.7. The lowest BCUT2D eigenvalue weighted by molar-refractivity contribution is -0.916. The molecule has 0 aliphatic carbocycles. The second-order valence-electron chi connectivity index (χ2n) is 13.1. The first-order chi connectivity index (χ1) is 18.4. The van der Waals surface area contributed by atoms with Gasteiger partial charge in [-0.25, -0.2) is 0 Å². The third-order valence-electron chi connectivity index (χ3n) is 9.03. The zero-order chi connectivity index (χ0) is 28.2. The smallest absolute Gasteiger partial charge is 0.102 e. The second kappa shape index (κ2) is 27.0. The third kappa shape index (κ3) is 23.7. The Balaban J connectivity index is 4.07. The average molecular weight is 543 g/mol. The molecule has 0 radical (unpaired) electrons. The topological polar surface area (TPSA) is 40.5 Å². The lowest BCUT2D eigenvalue weighted by Crippen LogP contribution is -2.49. The van der Waals surface area contributed by atoms with Crippen LogP contribution in [-0.4, -0.2) is 85.8 Å². The Morgan fingerprint density at radius 1 is 0.316 bits per heavy atom. The number of likely N-dealkylation sites (N-methyl/N-ethyl adjacent to an activating group) is 2. The van der Waals surface area contributed by atoms with Gasteiger partial charge < -0.3 is 19.2 Å². The number of aliphatic hydroxyl groups is 2. The lowest BCUT2D eigenvalue weighted by atomic mass is 10.1. The number of hydrogen-bond donors (Lipinski definition) is 2. The molecule has 0 saturated heterocycles. The van der Waals surface area contributed by atoms with Crippen molar-refractivity contribution in [3.8, 4) is 0 Å². The molecule has 0 aliphatic rings. The van der Waals surface area contributed by atoms with Crippen molar-refractivity contribution in [3.63, 3.8) is 0 Å². The predicted molar refractivity (Wildman–Crippen MR) is 169 cm³/mol. The fraction of sp³-hybridized carbons (Fsp3) is 1.00. The van der Waals surface area contributed by atoms with E-state index in [9.17, 15) is 10.2 Å². The van der Waals surface area contributed by atoms with Gasteiger partial charge >= 0.3 is 0 Å². The summed E-state index contributed by atoms with van der Waals surface area (Å²) in [5, 5.41) is 19.4. The molecular formula is C34H74N2O2+2. The summed E-state index contributed by atoms with van der Waals surface area (Å²) in [6.07, 6.45) is 30.1. The summed E-state index contributed by atoms with van der Waals surface area (Å²) in [7, 11) is 4.71. The van der Waals surface area contributed by atoms with Crippen molar-refractivity contribution in [3.05, 3.63) is 0 Å². The Kier molecular flexibility index (Phi) is 26.9. The lowest BCUT2D eigenvalue weighted by Gasteiger charge is -2.36. The number of nitrogens with zero attached hydrogens (tertiary/aromatic N) is 2. The van der Waals surface area contributed by atoms with Crippen molar-refractivity contribution in [2.24, 2.45) is 0 Å². The van der Waals surface area contributed by atoms with Crippen molar-refractivity contribution >= 4 is 0 Å². The molecule has 4 heteroatoms. The predicted octanol–water partition coefficient (Wildman–Crippen LogP) is 8.49. The molecule has 0 spiro atoms. The van der Waals surface area contributed by atoms with Crippen LogP contribution in [0, 0.1) is 0 Å². The van der Waals surface area contributed by atoms with Crippen LogP contribution < -0.4 is 0 Å². The molecule has 0 bridgehead atoms. The molecule has 230 valence electrons.